The lowest BCUT2D eigenvalue weighted by Crippen LogP contribution is -2.28. The number of ether oxygens (including phenoxy) is 2. The molecule has 0 aliphatic rings. The van der Waals surface area contributed by atoms with E-state index in [9.17, 15) is 14.7 Å². The Hall–Kier alpha value is -3.70. The molecule has 0 bridgehead atoms. The first kappa shape index (κ1) is 72.3. The summed E-state index contributed by atoms with van der Waals surface area (Å²) in [6.07, 6.45) is 96.4. The van der Waals surface area contributed by atoms with E-state index in [0.29, 0.717) is 12.8 Å². The SMILES string of the molecule is CC/C=C\C/C=C\C/C=C\C/C=C\C/C=C\C/C=C\CCCCCCC(=O)OC(CO)COC(=O)CCCCCCCCCCCCCCCCCCCCCCCCCCCC/C=C\C/C=C\C/C=C\C/C=C\CC. The Labute approximate surface area is 471 Å². The van der Waals surface area contributed by atoms with Crippen LogP contribution in [0.1, 0.15) is 296 Å². The Balaban J connectivity index is 3.46. The van der Waals surface area contributed by atoms with E-state index in [1.807, 2.05) is 0 Å². The van der Waals surface area contributed by atoms with Crippen molar-refractivity contribution in [1.82, 2.24) is 0 Å². The first-order chi connectivity index (χ1) is 37.6. The first-order valence-corrected chi connectivity index (χ1v) is 32.1. The minimum atomic E-state index is -0.793. The minimum Gasteiger partial charge on any atom is -0.462 e. The van der Waals surface area contributed by atoms with Gasteiger partial charge in [0, 0.05) is 12.8 Å². The summed E-state index contributed by atoms with van der Waals surface area (Å²) in [7, 11) is 0. The van der Waals surface area contributed by atoms with Crippen LogP contribution in [0, 0.1) is 0 Å². The average Bonchev–Trinajstić information content (AvgIpc) is 3.42. The lowest BCUT2D eigenvalue weighted by atomic mass is 10.0. The summed E-state index contributed by atoms with van der Waals surface area (Å²) in [5.41, 5.74) is 0. The van der Waals surface area contributed by atoms with Crippen LogP contribution in [0.4, 0.5) is 0 Å². The molecular formula is C71H120O5. The van der Waals surface area contributed by atoms with Crippen molar-refractivity contribution in [1.29, 1.82) is 0 Å². The predicted molar refractivity (Wildman–Crippen MR) is 334 cm³/mol. The zero-order chi connectivity index (χ0) is 54.8. The van der Waals surface area contributed by atoms with Gasteiger partial charge in [0.15, 0.2) is 6.10 Å². The summed E-state index contributed by atoms with van der Waals surface area (Å²) in [4.78, 5) is 24.6. The number of allylic oxidation sites excluding steroid dienone is 20. The average molecular weight is 1050 g/mol. The van der Waals surface area contributed by atoms with Gasteiger partial charge in [0.05, 0.1) is 6.61 Å². The molecule has 0 radical (unpaired) electrons. The Morgan fingerprint density at radius 2 is 0.526 bits per heavy atom. The molecule has 0 heterocycles. The molecule has 0 aliphatic heterocycles. The second-order valence-corrected chi connectivity index (χ2v) is 21.1. The monoisotopic (exact) mass is 1050 g/mol. The predicted octanol–water partition coefficient (Wildman–Crippen LogP) is 22.2. The summed E-state index contributed by atoms with van der Waals surface area (Å²) in [6, 6.07) is 0. The van der Waals surface area contributed by atoms with Crippen molar-refractivity contribution in [2.45, 2.75) is 302 Å². The molecule has 0 saturated heterocycles. The van der Waals surface area contributed by atoms with Gasteiger partial charge in [-0.2, -0.15) is 0 Å². The molecular weight excluding hydrogens is 933 g/mol. The molecule has 0 fully saturated rings. The number of hydrogen-bond acceptors (Lipinski definition) is 5. The molecule has 0 rings (SSSR count). The summed E-state index contributed by atoms with van der Waals surface area (Å²) in [6.45, 7) is 3.91. The smallest absolute Gasteiger partial charge is 0.306 e. The van der Waals surface area contributed by atoms with Gasteiger partial charge in [0.25, 0.3) is 0 Å². The number of aliphatic hydroxyl groups excluding tert-OH is 1. The second kappa shape index (κ2) is 65.6. The van der Waals surface area contributed by atoms with E-state index in [4.69, 9.17) is 9.47 Å². The molecule has 0 aromatic carbocycles. The molecule has 1 N–H and O–H groups in total. The highest BCUT2D eigenvalue weighted by Crippen LogP contribution is 2.17. The van der Waals surface area contributed by atoms with E-state index in [1.54, 1.807) is 0 Å². The van der Waals surface area contributed by atoms with Crippen LogP contribution in [0.5, 0.6) is 0 Å². The van der Waals surface area contributed by atoms with Crippen molar-refractivity contribution in [2.75, 3.05) is 13.2 Å². The number of carbonyl (C=O) groups excluding carboxylic acids is 2. The highest BCUT2D eigenvalue weighted by Gasteiger charge is 2.16. The zero-order valence-electron chi connectivity index (χ0n) is 49.7. The summed E-state index contributed by atoms with van der Waals surface area (Å²) in [5.74, 6) is -0.615. The molecule has 1 atom stereocenters. The number of rotatable bonds is 58. The summed E-state index contributed by atoms with van der Waals surface area (Å²) >= 11 is 0. The number of unbranched alkanes of at least 4 members (excludes halogenated alkanes) is 30. The van der Waals surface area contributed by atoms with Gasteiger partial charge in [-0.05, 0) is 103 Å². The standard InChI is InChI=1S/C71H120O5/c1-3-5-7-9-11-13-15-17-19-21-23-25-27-28-29-30-31-32-33-34-35-36-37-38-39-40-41-42-44-45-47-49-51-53-55-57-59-61-63-65-70(73)75-68-69(67-72)76-71(74)66-64-62-60-58-56-54-52-50-48-46-43-26-24-22-20-18-16-14-12-10-8-6-4-2/h5-8,11-14,17-20,23-26,46,48,52,54,69,72H,3-4,9-10,15-16,21-22,27-45,47,49-51,53,55-68H2,1-2H3/b7-5-,8-6-,13-11-,14-12-,19-17-,20-18-,25-23-,26-24-,48-46-,54-52-. The maximum Gasteiger partial charge on any atom is 0.306 e. The maximum absolute atomic E-state index is 12.3. The Morgan fingerprint density at radius 3 is 0.789 bits per heavy atom. The second-order valence-electron chi connectivity index (χ2n) is 21.1. The minimum absolute atomic E-state index is 0.0796. The van der Waals surface area contributed by atoms with E-state index in [1.165, 1.54) is 154 Å². The van der Waals surface area contributed by atoms with Gasteiger partial charge in [-0.1, -0.05) is 302 Å². The van der Waals surface area contributed by atoms with Gasteiger partial charge in [-0.15, -0.1) is 0 Å². The van der Waals surface area contributed by atoms with Crippen molar-refractivity contribution in [2.24, 2.45) is 0 Å². The highest BCUT2D eigenvalue weighted by atomic mass is 16.6. The van der Waals surface area contributed by atoms with E-state index in [2.05, 4.69) is 135 Å². The third kappa shape index (κ3) is 62.8. The lowest BCUT2D eigenvalue weighted by Gasteiger charge is -2.15. The molecule has 76 heavy (non-hydrogen) atoms. The molecule has 0 spiro atoms. The molecule has 5 heteroatoms. The largest absolute Gasteiger partial charge is 0.462 e. The van der Waals surface area contributed by atoms with Gasteiger partial charge >= 0.3 is 11.9 Å². The molecule has 0 aliphatic carbocycles. The first-order valence-electron chi connectivity index (χ1n) is 32.1. The fourth-order valence-electron chi connectivity index (χ4n) is 9.02. The Kier molecular flexibility index (Phi) is 62.4. The number of esters is 2. The van der Waals surface area contributed by atoms with Gasteiger partial charge in [0.2, 0.25) is 0 Å². The molecule has 5 nitrogen and oxygen atoms in total. The molecule has 0 amide bonds. The Bertz CT molecular complexity index is 1520. The maximum atomic E-state index is 12.3. The van der Waals surface area contributed by atoms with Gasteiger partial charge in [0.1, 0.15) is 6.61 Å². The van der Waals surface area contributed by atoms with Crippen LogP contribution >= 0.6 is 0 Å². The van der Waals surface area contributed by atoms with E-state index in [-0.39, 0.29) is 25.2 Å². The number of hydrogen-bond donors (Lipinski definition) is 1. The fraction of sp³-hybridized carbons (Fsp3) is 0.690. The molecule has 0 aromatic heterocycles. The zero-order valence-corrected chi connectivity index (χ0v) is 49.7. The lowest BCUT2D eigenvalue weighted by molar-refractivity contribution is -0.161. The highest BCUT2D eigenvalue weighted by molar-refractivity contribution is 5.70. The topological polar surface area (TPSA) is 72.8 Å². The molecule has 0 saturated carbocycles. The van der Waals surface area contributed by atoms with Crippen LogP contribution in [0.2, 0.25) is 0 Å². The van der Waals surface area contributed by atoms with Crippen molar-refractivity contribution in [3.63, 3.8) is 0 Å². The van der Waals surface area contributed by atoms with E-state index < -0.39 is 6.10 Å². The normalized spacial score (nSPS) is 13.0. The van der Waals surface area contributed by atoms with Crippen molar-refractivity contribution >= 4 is 11.9 Å². The van der Waals surface area contributed by atoms with Crippen molar-refractivity contribution in [3.8, 4) is 0 Å². The van der Waals surface area contributed by atoms with Crippen LogP contribution in [0.15, 0.2) is 122 Å². The number of carbonyl (C=O) groups is 2. The van der Waals surface area contributed by atoms with Crippen LogP contribution in [0.3, 0.4) is 0 Å². The molecule has 1 unspecified atom stereocenters. The van der Waals surface area contributed by atoms with Crippen molar-refractivity contribution in [3.05, 3.63) is 122 Å². The van der Waals surface area contributed by atoms with Crippen molar-refractivity contribution < 1.29 is 24.2 Å². The fourth-order valence-corrected chi connectivity index (χ4v) is 9.02. The van der Waals surface area contributed by atoms with Crippen LogP contribution < -0.4 is 0 Å². The third-order valence-electron chi connectivity index (χ3n) is 13.8. The molecule has 0 aromatic rings. The number of aliphatic hydroxyl groups is 1. The Morgan fingerprint density at radius 1 is 0.303 bits per heavy atom. The van der Waals surface area contributed by atoms with E-state index in [0.717, 1.165) is 116 Å². The van der Waals surface area contributed by atoms with Gasteiger partial charge in [-0.25, -0.2) is 0 Å². The third-order valence-corrected chi connectivity index (χ3v) is 13.8. The van der Waals surface area contributed by atoms with Crippen LogP contribution in [-0.4, -0.2) is 36.4 Å². The van der Waals surface area contributed by atoms with Gasteiger partial charge in [-0.3, -0.25) is 9.59 Å². The quantitative estimate of drug-likeness (QED) is 0.0373. The summed E-state index contributed by atoms with van der Waals surface area (Å²) in [5, 5.41) is 9.67. The van der Waals surface area contributed by atoms with Crippen LogP contribution in [0.25, 0.3) is 0 Å². The van der Waals surface area contributed by atoms with E-state index >= 15 is 0 Å². The van der Waals surface area contributed by atoms with Crippen LogP contribution in [-0.2, 0) is 19.1 Å². The summed E-state index contributed by atoms with van der Waals surface area (Å²) < 4.78 is 10.7. The van der Waals surface area contributed by atoms with Gasteiger partial charge < -0.3 is 14.6 Å². The molecule has 434 valence electrons.